The van der Waals surface area contributed by atoms with Crippen LogP contribution in [0.25, 0.3) is 0 Å². The van der Waals surface area contributed by atoms with Crippen molar-refractivity contribution < 1.29 is 9.66 Å². The third-order valence-electron chi connectivity index (χ3n) is 1.43. The molecule has 84 valence electrons. The highest BCUT2D eigenvalue weighted by Gasteiger charge is 2.25. The van der Waals surface area contributed by atoms with Gasteiger partial charge < -0.3 is 4.74 Å². The van der Waals surface area contributed by atoms with Gasteiger partial charge >= 0.3 is 5.69 Å². The highest BCUT2D eigenvalue weighted by atomic mass is 32.2. The summed E-state index contributed by atoms with van der Waals surface area (Å²) in [5.41, 5.74) is -0.372. The second kappa shape index (κ2) is 5.27. The predicted octanol–water partition coefficient (Wildman–Crippen LogP) is 1.75. The van der Waals surface area contributed by atoms with E-state index in [0.717, 1.165) is 6.33 Å². The molecule has 0 radical (unpaired) electrons. The molecule has 0 saturated carbocycles. The van der Waals surface area contributed by atoms with Gasteiger partial charge in [0.05, 0.1) is 11.0 Å². The molecule has 0 N–H and O–H groups in total. The Hall–Kier alpha value is -1.88. The van der Waals surface area contributed by atoms with Crippen LogP contribution >= 0.6 is 11.8 Å². The molecule has 8 heteroatoms. The fourth-order valence-electron chi connectivity index (χ4n) is 0.931. The first-order valence-corrected chi connectivity index (χ1v) is 5.10. The van der Waals surface area contributed by atoms with Crippen LogP contribution in [0, 0.1) is 20.8 Å². The van der Waals surface area contributed by atoms with Gasteiger partial charge in [-0.3, -0.25) is 10.1 Å². The van der Waals surface area contributed by atoms with E-state index in [-0.39, 0.29) is 22.7 Å². The van der Waals surface area contributed by atoms with Gasteiger partial charge in [0.25, 0.3) is 5.88 Å². The number of rotatable bonds is 4. The van der Waals surface area contributed by atoms with E-state index >= 15 is 0 Å². The molecule has 0 atom stereocenters. The van der Waals surface area contributed by atoms with Crippen molar-refractivity contribution in [3.63, 3.8) is 0 Å². The van der Waals surface area contributed by atoms with Crippen LogP contribution < -0.4 is 4.74 Å². The lowest BCUT2D eigenvalue weighted by molar-refractivity contribution is -0.389. The zero-order chi connectivity index (χ0) is 12.1. The summed E-state index contributed by atoms with van der Waals surface area (Å²) in [6.07, 6.45) is 0.887. The molecule has 0 aliphatic carbocycles. The Morgan fingerprint density at radius 2 is 2.31 bits per heavy atom. The van der Waals surface area contributed by atoms with Gasteiger partial charge in [-0.25, -0.2) is 4.98 Å². The van der Waals surface area contributed by atoms with Gasteiger partial charge in [-0.1, -0.05) is 0 Å². The van der Waals surface area contributed by atoms with Gasteiger partial charge in [0, 0.05) is 11.8 Å². The summed E-state index contributed by atoms with van der Waals surface area (Å²) in [6.45, 7) is 3.45. The second-order valence-electron chi connectivity index (χ2n) is 2.95. The van der Waals surface area contributed by atoms with Crippen LogP contribution in [-0.2, 0) is 0 Å². The lowest BCUT2D eigenvalue weighted by Crippen LogP contribution is -2.09. The van der Waals surface area contributed by atoms with Crippen molar-refractivity contribution in [2.24, 2.45) is 0 Å². The van der Waals surface area contributed by atoms with Gasteiger partial charge in [-0.15, -0.1) is 0 Å². The van der Waals surface area contributed by atoms with Crippen molar-refractivity contribution >= 4 is 17.4 Å². The molecule has 0 spiro atoms. The lowest BCUT2D eigenvalue weighted by Gasteiger charge is -2.08. The topological polar surface area (TPSA) is 102 Å². The molecule has 1 rings (SSSR count). The quantitative estimate of drug-likeness (QED) is 0.259. The van der Waals surface area contributed by atoms with Crippen molar-refractivity contribution in [3.05, 3.63) is 16.4 Å². The van der Waals surface area contributed by atoms with E-state index < -0.39 is 4.92 Å². The van der Waals surface area contributed by atoms with Crippen LogP contribution in [-0.4, -0.2) is 21.0 Å². The minimum atomic E-state index is -0.655. The van der Waals surface area contributed by atoms with E-state index in [9.17, 15) is 10.1 Å². The van der Waals surface area contributed by atoms with E-state index in [1.165, 1.54) is 0 Å². The van der Waals surface area contributed by atoms with Crippen LogP contribution in [0.15, 0.2) is 11.4 Å². The first-order valence-electron chi connectivity index (χ1n) is 4.28. The zero-order valence-electron chi connectivity index (χ0n) is 8.58. The molecule has 0 aromatic carbocycles. The number of aromatic nitrogens is 2. The van der Waals surface area contributed by atoms with Gasteiger partial charge in [0.1, 0.15) is 11.7 Å². The minimum Gasteiger partial charge on any atom is -0.470 e. The number of nitriles is 1. The summed E-state index contributed by atoms with van der Waals surface area (Å²) in [7, 11) is 0. The molecule has 0 amide bonds. The van der Waals surface area contributed by atoms with Crippen molar-refractivity contribution in [1.82, 2.24) is 9.97 Å². The smallest absolute Gasteiger partial charge is 0.363 e. The monoisotopic (exact) mass is 240 g/mol. The molecule has 0 aliphatic heterocycles. The van der Waals surface area contributed by atoms with E-state index in [2.05, 4.69) is 9.97 Å². The van der Waals surface area contributed by atoms with Gasteiger partial charge in [-0.05, 0) is 13.8 Å². The number of thiocyanates is 1. The Bertz CT molecular complexity index is 443. The SMILES string of the molecule is CC(C)Oc1ncnc(SC#N)c1[N+](=O)[O-]. The summed E-state index contributed by atoms with van der Waals surface area (Å²) >= 11 is 0.604. The standard InChI is InChI=1S/C8H8N4O3S/c1-5(2)15-7-6(12(13)14)8(16-3-9)11-4-10-7/h4-5H,1-2H3. The molecule has 0 aliphatic rings. The Morgan fingerprint density at radius 1 is 1.62 bits per heavy atom. The lowest BCUT2D eigenvalue weighted by atomic mass is 10.4. The third kappa shape index (κ3) is 2.80. The largest absolute Gasteiger partial charge is 0.470 e. The second-order valence-corrected chi connectivity index (χ2v) is 3.72. The van der Waals surface area contributed by atoms with Crippen LogP contribution in [0.4, 0.5) is 5.69 Å². The number of nitrogens with zero attached hydrogens (tertiary/aromatic N) is 4. The number of hydrogen-bond donors (Lipinski definition) is 0. The van der Waals surface area contributed by atoms with Gasteiger partial charge in [0.2, 0.25) is 0 Å². The normalized spacial score (nSPS) is 9.88. The molecular formula is C8H8N4O3S. The predicted molar refractivity (Wildman–Crippen MR) is 55.9 cm³/mol. The molecule has 0 saturated heterocycles. The zero-order valence-corrected chi connectivity index (χ0v) is 9.39. The molecule has 0 unspecified atom stereocenters. The molecule has 1 aromatic heterocycles. The van der Waals surface area contributed by atoms with Crippen molar-refractivity contribution in [2.45, 2.75) is 25.0 Å². The highest BCUT2D eigenvalue weighted by Crippen LogP contribution is 2.33. The maximum absolute atomic E-state index is 10.8. The summed E-state index contributed by atoms with van der Waals surface area (Å²) in [5, 5.41) is 21.0. The molecule has 0 bridgehead atoms. The molecule has 16 heavy (non-hydrogen) atoms. The summed E-state index contributed by atoms with van der Waals surface area (Å²) < 4.78 is 5.18. The van der Waals surface area contributed by atoms with E-state index in [1.54, 1.807) is 19.2 Å². The average Bonchev–Trinajstić information content (AvgIpc) is 2.16. The first kappa shape index (κ1) is 12.2. The summed E-state index contributed by atoms with van der Waals surface area (Å²) in [5.74, 6) is -0.118. The van der Waals surface area contributed by atoms with Crippen LogP contribution in [0.2, 0.25) is 0 Å². The highest BCUT2D eigenvalue weighted by molar-refractivity contribution is 8.03. The Labute approximate surface area is 95.6 Å². The number of nitro groups is 1. The first-order chi connectivity index (χ1) is 7.56. The molecule has 0 fully saturated rings. The molecule has 1 heterocycles. The summed E-state index contributed by atoms with van der Waals surface area (Å²) in [6, 6.07) is 0. The van der Waals surface area contributed by atoms with Crippen molar-refractivity contribution in [3.8, 4) is 11.3 Å². The Morgan fingerprint density at radius 3 is 2.81 bits per heavy atom. The maximum Gasteiger partial charge on any atom is 0.363 e. The Balaban J connectivity index is 3.22. The fraction of sp³-hybridized carbons (Fsp3) is 0.375. The average molecular weight is 240 g/mol. The number of hydrogen-bond acceptors (Lipinski definition) is 7. The molecule has 7 nitrogen and oxygen atoms in total. The van der Waals surface area contributed by atoms with Gasteiger partial charge in [0.15, 0.2) is 5.03 Å². The minimum absolute atomic E-state index is 0.0156. The van der Waals surface area contributed by atoms with Crippen LogP contribution in [0.1, 0.15) is 13.8 Å². The maximum atomic E-state index is 10.8. The Kier molecular flexibility index (Phi) is 4.02. The third-order valence-corrected chi connectivity index (χ3v) is 2.01. The number of thioether (sulfide) groups is 1. The summed E-state index contributed by atoms with van der Waals surface area (Å²) in [4.78, 5) is 17.5. The van der Waals surface area contributed by atoms with Crippen molar-refractivity contribution in [2.75, 3.05) is 0 Å². The van der Waals surface area contributed by atoms with E-state index in [4.69, 9.17) is 10.00 Å². The van der Waals surface area contributed by atoms with Crippen LogP contribution in [0.3, 0.4) is 0 Å². The number of ether oxygens (including phenoxy) is 1. The van der Waals surface area contributed by atoms with Crippen LogP contribution in [0.5, 0.6) is 5.88 Å². The molecular weight excluding hydrogens is 232 g/mol. The van der Waals surface area contributed by atoms with Gasteiger partial charge in [-0.2, -0.15) is 10.2 Å². The molecule has 1 aromatic rings. The van der Waals surface area contributed by atoms with E-state index in [0.29, 0.717) is 11.8 Å². The van der Waals surface area contributed by atoms with Crippen molar-refractivity contribution in [1.29, 1.82) is 5.26 Å². The fourth-order valence-corrected chi connectivity index (χ4v) is 1.38. The van der Waals surface area contributed by atoms with E-state index in [1.807, 2.05) is 0 Å².